The summed E-state index contributed by atoms with van der Waals surface area (Å²) in [5.74, 6) is 0.739. The second kappa shape index (κ2) is 5.74. The quantitative estimate of drug-likeness (QED) is 0.889. The molecule has 2 rings (SSSR count). The summed E-state index contributed by atoms with van der Waals surface area (Å²) in [6.45, 7) is 7.79. The number of halogens is 1. The summed E-state index contributed by atoms with van der Waals surface area (Å²) in [4.78, 5) is 2.46. The SMILES string of the molecule is CCNC1CC(C)CN(c2ccc(Cl)cc2)C1. The molecule has 2 unspecified atom stereocenters. The second-order valence-corrected chi connectivity index (χ2v) is 5.41. The van der Waals surface area contributed by atoms with Crippen LogP contribution in [0.3, 0.4) is 0 Å². The highest BCUT2D eigenvalue weighted by molar-refractivity contribution is 6.30. The van der Waals surface area contributed by atoms with E-state index in [-0.39, 0.29) is 0 Å². The van der Waals surface area contributed by atoms with Gasteiger partial charge >= 0.3 is 0 Å². The van der Waals surface area contributed by atoms with Gasteiger partial charge in [0.25, 0.3) is 0 Å². The Hall–Kier alpha value is -0.730. The molecule has 0 spiro atoms. The summed E-state index contributed by atoms with van der Waals surface area (Å²) in [7, 11) is 0. The summed E-state index contributed by atoms with van der Waals surface area (Å²) in [6, 6.07) is 8.78. The van der Waals surface area contributed by atoms with Crippen molar-refractivity contribution in [3.8, 4) is 0 Å². The van der Waals surface area contributed by atoms with Crippen LogP contribution in [0.2, 0.25) is 5.02 Å². The maximum absolute atomic E-state index is 5.93. The standard InChI is InChI=1S/C14H21ClN2/c1-3-16-13-8-11(2)9-17(10-13)14-6-4-12(15)5-7-14/h4-7,11,13,16H,3,8-10H2,1-2H3. The number of hydrogen-bond donors (Lipinski definition) is 1. The minimum Gasteiger partial charge on any atom is -0.370 e. The lowest BCUT2D eigenvalue weighted by Gasteiger charge is -2.38. The molecule has 17 heavy (non-hydrogen) atoms. The maximum atomic E-state index is 5.93. The van der Waals surface area contributed by atoms with Crippen LogP contribution in [0.1, 0.15) is 20.3 Å². The Bertz CT molecular complexity index is 350. The van der Waals surface area contributed by atoms with Gasteiger partial charge in [-0.25, -0.2) is 0 Å². The molecule has 2 atom stereocenters. The van der Waals surface area contributed by atoms with Gasteiger partial charge in [0.2, 0.25) is 0 Å². The van der Waals surface area contributed by atoms with Crippen molar-refractivity contribution in [3.05, 3.63) is 29.3 Å². The lowest BCUT2D eigenvalue weighted by molar-refractivity contribution is 0.356. The molecule has 1 heterocycles. The number of nitrogens with zero attached hydrogens (tertiary/aromatic N) is 1. The molecule has 1 saturated heterocycles. The van der Waals surface area contributed by atoms with Gasteiger partial charge in [0, 0.05) is 29.8 Å². The molecule has 1 N–H and O–H groups in total. The van der Waals surface area contributed by atoms with Gasteiger partial charge in [0.1, 0.15) is 0 Å². The molecule has 2 nitrogen and oxygen atoms in total. The van der Waals surface area contributed by atoms with Crippen molar-refractivity contribution in [3.63, 3.8) is 0 Å². The Morgan fingerprint density at radius 1 is 1.29 bits per heavy atom. The zero-order chi connectivity index (χ0) is 12.3. The Kier molecular flexibility index (Phi) is 4.30. The summed E-state index contributed by atoms with van der Waals surface area (Å²) in [5.41, 5.74) is 1.28. The third-order valence-corrected chi connectivity index (χ3v) is 3.60. The normalized spacial score (nSPS) is 25.0. The molecular weight excluding hydrogens is 232 g/mol. The van der Waals surface area contributed by atoms with Gasteiger partial charge in [0.15, 0.2) is 0 Å². The van der Waals surface area contributed by atoms with Crippen molar-refractivity contribution in [2.45, 2.75) is 26.3 Å². The lowest BCUT2D eigenvalue weighted by Crippen LogP contribution is -2.48. The number of likely N-dealkylation sites (N-methyl/N-ethyl adjacent to an activating group) is 1. The van der Waals surface area contributed by atoms with E-state index in [0.717, 1.165) is 30.6 Å². The van der Waals surface area contributed by atoms with Crippen molar-refractivity contribution >= 4 is 17.3 Å². The highest BCUT2D eigenvalue weighted by atomic mass is 35.5. The predicted molar refractivity (Wildman–Crippen MR) is 74.9 cm³/mol. The molecule has 1 aromatic carbocycles. The van der Waals surface area contributed by atoms with E-state index in [2.05, 4.69) is 36.2 Å². The fourth-order valence-corrected chi connectivity index (χ4v) is 2.78. The van der Waals surface area contributed by atoms with E-state index >= 15 is 0 Å². The van der Waals surface area contributed by atoms with Crippen LogP contribution < -0.4 is 10.2 Å². The van der Waals surface area contributed by atoms with Crippen LogP contribution in [0.25, 0.3) is 0 Å². The Balaban J connectivity index is 2.06. The van der Waals surface area contributed by atoms with E-state index in [1.54, 1.807) is 0 Å². The first kappa shape index (κ1) is 12.7. The number of anilines is 1. The van der Waals surface area contributed by atoms with Gasteiger partial charge in [-0.1, -0.05) is 25.4 Å². The van der Waals surface area contributed by atoms with Crippen molar-refractivity contribution in [1.29, 1.82) is 0 Å². The van der Waals surface area contributed by atoms with Crippen LogP contribution in [0.5, 0.6) is 0 Å². The molecule has 0 radical (unpaired) electrons. The monoisotopic (exact) mass is 252 g/mol. The van der Waals surface area contributed by atoms with Gasteiger partial charge in [-0.3, -0.25) is 0 Å². The number of nitrogens with one attached hydrogen (secondary N) is 1. The molecule has 1 aliphatic heterocycles. The number of benzene rings is 1. The van der Waals surface area contributed by atoms with Gasteiger partial charge in [-0.05, 0) is 43.1 Å². The molecular formula is C14H21ClN2. The third-order valence-electron chi connectivity index (χ3n) is 3.34. The van der Waals surface area contributed by atoms with Crippen LogP contribution in [0, 0.1) is 5.92 Å². The average Bonchev–Trinajstić information content (AvgIpc) is 2.29. The first-order valence-electron chi connectivity index (χ1n) is 6.43. The lowest BCUT2D eigenvalue weighted by atomic mass is 9.95. The number of rotatable bonds is 3. The summed E-state index contributed by atoms with van der Waals surface area (Å²) >= 11 is 5.93. The van der Waals surface area contributed by atoms with Crippen molar-refractivity contribution < 1.29 is 0 Å². The van der Waals surface area contributed by atoms with Crippen LogP contribution >= 0.6 is 11.6 Å². The number of piperidine rings is 1. The van der Waals surface area contributed by atoms with Gasteiger partial charge in [-0.2, -0.15) is 0 Å². The molecule has 0 aromatic heterocycles. The van der Waals surface area contributed by atoms with Crippen molar-refractivity contribution in [1.82, 2.24) is 5.32 Å². The summed E-state index contributed by atoms with van der Waals surface area (Å²) in [6.07, 6.45) is 1.28. The molecule has 94 valence electrons. The first-order valence-corrected chi connectivity index (χ1v) is 6.80. The van der Waals surface area contributed by atoms with Gasteiger partial charge < -0.3 is 10.2 Å². The van der Waals surface area contributed by atoms with E-state index < -0.39 is 0 Å². The average molecular weight is 253 g/mol. The minimum absolute atomic E-state index is 0.611. The Labute approximate surface area is 109 Å². The second-order valence-electron chi connectivity index (χ2n) is 4.98. The zero-order valence-corrected chi connectivity index (χ0v) is 11.4. The molecule has 0 bridgehead atoms. The van der Waals surface area contributed by atoms with E-state index in [0.29, 0.717) is 6.04 Å². The highest BCUT2D eigenvalue weighted by Gasteiger charge is 2.24. The Morgan fingerprint density at radius 3 is 2.65 bits per heavy atom. The van der Waals surface area contributed by atoms with Crippen LogP contribution in [-0.4, -0.2) is 25.7 Å². The minimum atomic E-state index is 0.611. The topological polar surface area (TPSA) is 15.3 Å². The predicted octanol–water partition coefficient (Wildman–Crippen LogP) is 3.16. The summed E-state index contributed by atoms with van der Waals surface area (Å²) < 4.78 is 0. The maximum Gasteiger partial charge on any atom is 0.0407 e. The molecule has 1 aliphatic rings. The zero-order valence-electron chi connectivity index (χ0n) is 10.6. The molecule has 0 saturated carbocycles. The molecule has 0 aliphatic carbocycles. The molecule has 0 amide bonds. The van der Waals surface area contributed by atoms with Gasteiger partial charge in [0.05, 0.1) is 0 Å². The van der Waals surface area contributed by atoms with E-state index in [9.17, 15) is 0 Å². The van der Waals surface area contributed by atoms with Gasteiger partial charge in [-0.15, -0.1) is 0 Å². The fraction of sp³-hybridized carbons (Fsp3) is 0.571. The van der Waals surface area contributed by atoms with E-state index in [1.807, 2.05) is 12.1 Å². The largest absolute Gasteiger partial charge is 0.370 e. The fourth-order valence-electron chi connectivity index (χ4n) is 2.65. The molecule has 3 heteroatoms. The van der Waals surface area contributed by atoms with E-state index in [1.165, 1.54) is 12.1 Å². The van der Waals surface area contributed by atoms with E-state index in [4.69, 9.17) is 11.6 Å². The third kappa shape index (κ3) is 3.36. The molecule has 1 fully saturated rings. The summed E-state index contributed by atoms with van der Waals surface area (Å²) in [5, 5.41) is 4.37. The van der Waals surface area contributed by atoms with Crippen LogP contribution in [0.15, 0.2) is 24.3 Å². The van der Waals surface area contributed by atoms with Crippen molar-refractivity contribution in [2.75, 3.05) is 24.5 Å². The molecule has 1 aromatic rings. The first-order chi connectivity index (χ1) is 8.19. The number of hydrogen-bond acceptors (Lipinski definition) is 2. The highest BCUT2D eigenvalue weighted by Crippen LogP contribution is 2.24. The smallest absolute Gasteiger partial charge is 0.0407 e. The Morgan fingerprint density at radius 2 is 2.00 bits per heavy atom. The van der Waals surface area contributed by atoms with Crippen LogP contribution in [0.4, 0.5) is 5.69 Å². The van der Waals surface area contributed by atoms with Crippen molar-refractivity contribution in [2.24, 2.45) is 5.92 Å². The van der Waals surface area contributed by atoms with Crippen LogP contribution in [-0.2, 0) is 0 Å².